The van der Waals surface area contributed by atoms with E-state index in [2.05, 4.69) is 25.1 Å². The van der Waals surface area contributed by atoms with Gasteiger partial charge in [0.2, 0.25) is 5.91 Å². The molecule has 96 valence electrons. The number of hydrogen-bond acceptors (Lipinski definition) is 8. The monoisotopic (exact) mass is 269 g/mol. The molecule has 0 unspecified atom stereocenters. The van der Waals surface area contributed by atoms with Crippen LogP contribution in [0.5, 0.6) is 0 Å². The van der Waals surface area contributed by atoms with Crippen molar-refractivity contribution in [3.8, 4) is 11.5 Å². The first-order valence-electron chi connectivity index (χ1n) is 5.06. The van der Waals surface area contributed by atoms with Crippen LogP contribution < -0.4 is 11.5 Å². The lowest BCUT2D eigenvalue weighted by atomic mass is 10.4. The molecule has 2 aromatic rings. The third-order valence-corrected chi connectivity index (χ3v) is 3.09. The summed E-state index contributed by atoms with van der Waals surface area (Å²) in [6.45, 7) is 2.50. The summed E-state index contributed by atoms with van der Waals surface area (Å²) < 4.78 is 6.27. The molecule has 2 aromatic heterocycles. The number of aromatic nitrogens is 5. The highest BCUT2D eigenvalue weighted by Crippen LogP contribution is 2.25. The Labute approximate surface area is 106 Å². The van der Waals surface area contributed by atoms with E-state index in [1.54, 1.807) is 4.57 Å². The van der Waals surface area contributed by atoms with E-state index in [1.807, 2.05) is 6.92 Å². The molecule has 0 fully saturated rings. The molecule has 9 nitrogen and oxygen atoms in total. The lowest BCUT2D eigenvalue weighted by molar-refractivity contribution is -0.115. The summed E-state index contributed by atoms with van der Waals surface area (Å²) >= 11 is 1.20. The third-order valence-electron chi connectivity index (χ3n) is 2.10. The highest BCUT2D eigenvalue weighted by molar-refractivity contribution is 7.99. The number of carbonyl (C=O) groups is 1. The fourth-order valence-electron chi connectivity index (χ4n) is 1.34. The van der Waals surface area contributed by atoms with Gasteiger partial charge < -0.3 is 16.0 Å². The number of amides is 1. The van der Waals surface area contributed by atoms with E-state index in [9.17, 15) is 4.79 Å². The molecule has 2 rings (SSSR count). The van der Waals surface area contributed by atoms with Crippen LogP contribution in [-0.2, 0) is 11.3 Å². The Bertz CT molecular complexity index is 564. The van der Waals surface area contributed by atoms with Crippen LogP contribution in [0, 0.1) is 0 Å². The van der Waals surface area contributed by atoms with Gasteiger partial charge in [0.1, 0.15) is 0 Å². The lowest BCUT2D eigenvalue weighted by Gasteiger charge is -2.04. The number of nitrogen functional groups attached to an aromatic ring is 1. The minimum absolute atomic E-state index is 0.130. The van der Waals surface area contributed by atoms with Crippen molar-refractivity contribution in [3.05, 3.63) is 0 Å². The molecule has 2 heterocycles. The average molecular weight is 269 g/mol. The van der Waals surface area contributed by atoms with Gasteiger partial charge in [-0.3, -0.25) is 4.79 Å². The highest BCUT2D eigenvalue weighted by Gasteiger charge is 2.19. The quantitative estimate of drug-likeness (QED) is 0.693. The van der Waals surface area contributed by atoms with Gasteiger partial charge >= 0.3 is 0 Å². The minimum Gasteiger partial charge on any atom is -0.379 e. The van der Waals surface area contributed by atoms with Crippen molar-refractivity contribution >= 4 is 23.5 Å². The van der Waals surface area contributed by atoms with E-state index in [0.717, 1.165) is 0 Å². The van der Waals surface area contributed by atoms with Gasteiger partial charge in [0.15, 0.2) is 22.5 Å². The number of nitrogens with zero attached hydrogens (tertiary/aromatic N) is 5. The number of primary amides is 1. The SMILES string of the molecule is CCn1c(SCC(N)=O)nnc1-c1nonc1N. The molecular weight excluding hydrogens is 258 g/mol. The zero-order valence-electron chi connectivity index (χ0n) is 9.53. The standard InChI is InChI=1S/C8H11N7O2S/c1-2-15-7(5-6(10)14-17-13-5)11-12-8(15)18-3-4(9)16/h2-3H2,1H3,(H2,9,16)(H2,10,14). The van der Waals surface area contributed by atoms with Crippen molar-refractivity contribution in [1.29, 1.82) is 0 Å². The Kier molecular flexibility index (Phi) is 3.46. The second-order valence-electron chi connectivity index (χ2n) is 3.30. The predicted octanol–water partition coefficient (Wildman–Crippen LogP) is -0.492. The second-order valence-corrected chi connectivity index (χ2v) is 4.25. The summed E-state index contributed by atoms with van der Waals surface area (Å²) in [4.78, 5) is 10.7. The largest absolute Gasteiger partial charge is 0.379 e. The van der Waals surface area contributed by atoms with Gasteiger partial charge in [-0.15, -0.1) is 10.2 Å². The number of carbonyl (C=O) groups excluding carboxylic acids is 1. The summed E-state index contributed by atoms with van der Waals surface area (Å²) in [5, 5.41) is 15.6. The fraction of sp³-hybridized carbons (Fsp3) is 0.375. The number of hydrogen-bond donors (Lipinski definition) is 2. The van der Waals surface area contributed by atoms with Gasteiger partial charge in [-0.2, -0.15) is 0 Å². The summed E-state index contributed by atoms with van der Waals surface area (Å²) in [6, 6.07) is 0. The molecule has 0 aromatic carbocycles. The molecule has 0 saturated carbocycles. The number of rotatable bonds is 5. The molecule has 0 aliphatic heterocycles. The van der Waals surface area contributed by atoms with E-state index in [-0.39, 0.29) is 11.6 Å². The smallest absolute Gasteiger partial charge is 0.227 e. The van der Waals surface area contributed by atoms with Crippen LogP contribution in [0.25, 0.3) is 11.5 Å². The van der Waals surface area contributed by atoms with Gasteiger partial charge in [-0.05, 0) is 17.2 Å². The van der Waals surface area contributed by atoms with Gasteiger partial charge in [-0.1, -0.05) is 11.8 Å². The third kappa shape index (κ3) is 2.27. The van der Waals surface area contributed by atoms with Crippen molar-refractivity contribution < 1.29 is 9.42 Å². The topological polar surface area (TPSA) is 139 Å². The van der Waals surface area contributed by atoms with E-state index >= 15 is 0 Å². The first-order valence-corrected chi connectivity index (χ1v) is 6.04. The van der Waals surface area contributed by atoms with Gasteiger partial charge in [0, 0.05) is 6.54 Å². The van der Waals surface area contributed by atoms with Crippen molar-refractivity contribution in [2.75, 3.05) is 11.5 Å². The van der Waals surface area contributed by atoms with Gasteiger partial charge in [-0.25, -0.2) is 4.63 Å². The maximum atomic E-state index is 10.7. The number of nitrogens with two attached hydrogens (primary N) is 2. The van der Waals surface area contributed by atoms with E-state index in [0.29, 0.717) is 23.2 Å². The Balaban J connectivity index is 2.33. The van der Waals surface area contributed by atoms with Gasteiger partial charge in [0.25, 0.3) is 0 Å². The van der Waals surface area contributed by atoms with Crippen molar-refractivity contribution in [3.63, 3.8) is 0 Å². The molecule has 10 heteroatoms. The minimum atomic E-state index is -0.421. The highest BCUT2D eigenvalue weighted by atomic mass is 32.2. The Morgan fingerprint density at radius 2 is 2.22 bits per heavy atom. The van der Waals surface area contributed by atoms with Crippen molar-refractivity contribution in [2.45, 2.75) is 18.6 Å². The van der Waals surface area contributed by atoms with Crippen LogP contribution >= 0.6 is 11.8 Å². The molecule has 1 amide bonds. The molecule has 18 heavy (non-hydrogen) atoms. The number of thioether (sulfide) groups is 1. The van der Waals surface area contributed by atoms with Crippen LogP contribution in [0.2, 0.25) is 0 Å². The molecule has 0 aliphatic rings. The van der Waals surface area contributed by atoms with Crippen LogP contribution in [-0.4, -0.2) is 36.7 Å². The molecule has 0 saturated heterocycles. The fourth-order valence-corrected chi connectivity index (χ4v) is 2.08. The van der Waals surface area contributed by atoms with Crippen molar-refractivity contribution in [1.82, 2.24) is 25.1 Å². The van der Waals surface area contributed by atoms with Gasteiger partial charge in [0.05, 0.1) is 5.75 Å². The first kappa shape index (κ1) is 12.4. The molecule has 0 spiro atoms. The van der Waals surface area contributed by atoms with Crippen LogP contribution in [0.1, 0.15) is 6.92 Å². The first-order chi connectivity index (χ1) is 8.63. The summed E-state index contributed by atoms with van der Waals surface area (Å²) in [5.41, 5.74) is 11.0. The van der Waals surface area contributed by atoms with Crippen LogP contribution in [0.4, 0.5) is 5.82 Å². The lowest BCUT2D eigenvalue weighted by Crippen LogP contribution is -2.13. The number of anilines is 1. The second kappa shape index (κ2) is 5.04. The maximum Gasteiger partial charge on any atom is 0.227 e. The molecule has 4 N–H and O–H groups in total. The van der Waals surface area contributed by atoms with E-state index < -0.39 is 5.91 Å². The van der Waals surface area contributed by atoms with Crippen LogP contribution in [0.15, 0.2) is 9.79 Å². The molecule has 0 atom stereocenters. The molecule has 0 bridgehead atoms. The van der Waals surface area contributed by atoms with Crippen LogP contribution in [0.3, 0.4) is 0 Å². The van der Waals surface area contributed by atoms with E-state index in [1.165, 1.54) is 11.8 Å². The predicted molar refractivity (Wildman–Crippen MR) is 63.3 cm³/mol. The average Bonchev–Trinajstić information content (AvgIpc) is 2.91. The Morgan fingerprint density at radius 3 is 2.78 bits per heavy atom. The Morgan fingerprint density at radius 1 is 1.44 bits per heavy atom. The molecule has 0 aliphatic carbocycles. The molecule has 0 radical (unpaired) electrons. The Hall–Kier alpha value is -2.10. The summed E-state index contributed by atoms with van der Waals surface area (Å²) in [5.74, 6) is 0.298. The molecular formula is C8H11N7O2S. The summed E-state index contributed by atoms with van der Waals surface area (Å²) in [6.07, 6.45) is 0. The zero-order valence-corrected chi connectivity index (χ0v) is 10.3. The zero-order chi connectivity index (χ0) is 13.1. The normalized spacial score (nSPS) is 10.7. The van der Waals surface area contributed by atoms with E-state index in [4.69, 9.17) is 11.5 Å². The van der Waals surface area contributed by atoms with Crippen molar-refractivity contribution in [2.24, 2.45) is 5.73 Å². The maximum absolute atomic E-state index is 10.7. The summed E-state index contributed by atoms with van der Waals surface area (Å²) in [7, 11) is 0.